The van der Waals surface area contributed by atoms with E-state index in [4.69, 9.17) is 11.5 Å². The number of carbonyl (C=O) groups excluding carboxylic acids is 1. The van der Waals surface area contributed by atoms with Crippen LogP contribution in [0.1, 0.15) is 36.0 Å². The maximum atomic E-state index is 14.6. The molecule has 8 nitrogen and oxygen atoms in total. The van der Waals surface area contributed by atoms with Crippen LogP contribution in [0.25, 0.3) is 11.0 Å². The molecule has 0 aromatic carbocycles. The molecule has 2 unspecified atom stereocenters. The van der Waals surface area contributed by atoms with Gasteiger partial charge < -0.3 is 27.1 Å². The van der Waals surface area contributed by atoms with Crippen LogP contribution < -0.4 is 22.1 Å². The first-order valence-corrected chi connectivity index (χ1v) is 9.24. The molecule has 1 amide bonds. The van der Waals surface area contributed by atoms with Crippen molar-refractivity contribution in [3.8, 4) is 0 Å². The van der Waals surface area contributed by atoms with Gasteiger partial charge in [-0.1, -0.05) is 12.8 Å². The van der Waals surface area contributed by atoms with Crippen LogP contribution in [0, 0.1) is 5.82 Å². The molecule has 0 bridgehead atoms. The molecule has 3 heterocycles. The SMILES string of the molecule is NC(=O)c1cc(F)c(NC2CCCCC2N)nc1Nc1ccnc2[nH]ccc12. The van der Waals surface area contributed by atoms with E-state index in [1.807, 2.05) is 6.07 Å². The van der Waals surface area contributed by atoms with Crippen molar-refractivity contribution in [3.63, 3.8) is 0 Å². The van der Waals surface area contributed by atoms with Gasteiger partial charge in [-0.3, -0.25) is 4.79 Å². The Morgan fingerprint density at radius 2 is 2.07 bits per heavy atom. The maximum Gasteiger partial charge on any atom is 0.252 e. The Morgan fingerprint density at radius 3 is 2.86 bits per heavy atom. The summed E-state index contributed by atoms with van der Waals surface area (Å²) in [6, 6.07) is 4.56. The van der Waals surface area contributed by atoms with Gasteiger partial charge in [-0.25, -0.2) is 14.4 Å². The molecule has 3 aromatic rings. The average molecular weight is 383 g/mol. The Bertz CT molecular complexity index is 1020. The molecule has 3 aromatic heterocycles. The Labute approximate surface area is 160 Å². The summed E-state index contributed by atoms with van der Waals surface area (Å²) in [7, 11) is 0. The van der Waals surface area contributed by atoms with Crippen molar-refractivity contribution in [2.75, 3.05) is 10.6 Å². The molecule has 1 aliphatic rings. The zero-order chi connectivity index (χ0) is 19.7. The van der Waals surface area contributed by atoms with Gasteiger partial charge in [-0.05, 0) is 31.0 Å². The van der Waals surface area contributed by atoms with Crippen LogP contribution in [-0.2, 0) is 0 Å². The van der Waals surface area contributed by atoms with E-state index in [1.54, 1.807) is 18.5 Å². The summed E-state index contributed by atoms with van der Waals surface area (Å²) >= 11 is 0. The van der Waals surface area contributed by atoms with Crippen LogP contribution in [0.2, 0.25) is 0 Å². The molecule has 7 N–H and O–H groups in total. The smallest absolute Gasteiger partial charge is 0.252 e. The largest absolute Gasteiger partial charge is 0.365 e. The van der Waals surface area contributed by atoms with E-state index in [2.05, 4.69) is 25.6 Å². The Morgan fingerprint density at radius 1 is 1.25 bits per heavy atom. The predicted octanol–water partition coefficient (Wildman–Crippen LogP) is 2.62. The van der Waals surface area contributed by atoms with Crippen LogP contribution in [-0.4, -0.2) is 32.9 Å². The van der Waals surface area contributed by atoms with Crippen LogP contribution in [0.15, 0.2) is 30.6 Å². The summed E-state index contributed by atoms with van der Waals surface area (Å²) in [5, 5.41) is 7.00. The minimum Gasteiger partial charge on any atom is -0.365 e. The first-order valence-electron chi connectivity index (χ1n) is 9.24. The molecule has 9 heteroatoms. The number of H-pyrrole nitrogens is 1. The summed E-state index contributed by atoms with van der Waals surface area (Å²) in [6.07, 6.45) is 7.20. The number of anilines is 3. The third-order valence-corrected chi connectivity index (χ3v) is 5.10. The summed E-state index contributed by atoms with van der Waals surface area (Å²) in [6.45, 7) is 0. The van der Waals surface area contributed by atoms with Crippen molar-refractivity contribution in [1.82, 2.24) is 15.0 Å². The van der Waals surface area contributed by atoms with Gasteiger partial charge in [0, 0.05) is 29.9 Å². The molecule has 28 heavy (non-hydrogen) atoms. The number of pyridine rings is 2. The number of primary amides is 1. The van der Waals surface area contributed by atoms with E-state index >= 15 is 0 Å². The molecular formula is C19H22FN7O. The number of nitrogens with two attached hydrogens (primary N) is 2. The topological polar surface area (TPSA) is 135 Å². The van der Waals surface area contributed by atoms with Gasteiger partial charge >= 0.3 is 0 Å². The first kappa shape index (κ1) is 18.2. The summed E-state index contributed by atoms with van der Waals surface area (Å²) in [4.78, 5) is 23.4. The molecule has 0 radical (unpaired) electrons. The third kappa shape index (κ3) is 3.48. The molecule has 1 saturated carbocycles. The number of nitrogens with one attached hydrogen (secondary N) is 3. The summed E-state index contributed by atoms with van der Waals surface area (Å²) in [5.74, 6) is -1.18. The molecule has 146 valence electrons. The molecule has 1 fully saturated rings. The third-order valence-electron chi connectivity index (χ3n) is 5.10. The lowest BCUT2D eigenvalue weighted by molar-refractivity contribution is 0.100. The molecule has 0 saturated heterocycles. The lowest BCUT2D eigenvalue weighted by Gasteiger charge is -2.30. The fourth-order valence-electron chi connectivity index (χ4n) is 3.59. The van der Waals surface area contributed by atoms with Gasteiger partial charge in [0.15, 0.2) is 11.6 Å². The van der Waals surface area contributed by atoms with Crippen LogP contribution in [0.5, 0.6) is 0 Å². The predicted molar refractivity (Wildman–Crippen MR) is 106 cm³/mol. The van der Waals surface area contributed by atoms with Gasteiger partial charge in [-0.15, -0.1) is 0 Å². The van der Waals surface area contributed by atoms with E-state index in [0.717, 1.165) is 37.1 Å². The zero-order valence-electron chi connectivity index (χ0n) is 15.2. The number of carbonyl (C=O) groups is 1. The van der Waals surface area contributed by atoms with Crippen molar-refractivity contribution in [2.24, 2.45) is 11.5 Å². The number of aromatic nitrogens is 3. The van der Waals surface area contributed by atoms with Gasteiger partial charge in [0.1, 0.15) is 11.5 Å². The first-order chi connectivity index (χ1) is 13.5. The number of amides is 1. The van der Waals surface area contributed by atoms with Crippen molar-refractivity contribution in [2.45, 2.75) is 37.8 Å². The fourth-order valence-corrected chi connectivity index (χ4v) is 3.59. The molecule has 0 aliphatic heterocycles. The Hall–Kier alpha value is -3.20. The second kappa shape index (κ2) is 7.43. The summed E-state index contributed by atoms with van der Waals surface area (Å²) < 4.78 is 14.6. The molecule has 2 atom stereocenters. The minimum absolute atomic E-state index is 0.0310. The second-order valence-electron chi connectivity index (χ2n) is 7.00. The van der Waals surface area contributed by atoms with Crippen molar-refractivity contribution in [3.05, 3.63) is 42.0 Å². The van der Waals surface area contributed by atoms with E-state index < -0.39 is 11.7 Å². The molecule has 0 spiro atoms. The second-order valence-corrected chi connectivity index (χ2v) is 7.00. The fraction of sp³-hybridized carbons (Fsp3) is 0.316. The van der Waals surface area contributed by atoms with Gasteiger partial charge in [0.25, 0.3) is 5.91 Å². The molecule has 1 aliphatic carbocycles. The highest BCUT2D eigenvalue weighted by Gasteiger charge is 2.24. The van der Waals surface area contributed by atoms with Crippen LogP contribution in [0.3, 0.4) is 0 Å². The highest BCUT2D eigenvalue weighted by molar-refractivity contribution is 6.00. The minimum atomic E-state index is -0.769. The van der Waals surface area contributed by atoms with Gasteiger partial charge in [0.05, 0.1) is 11.3 Å². The van der Waals surface area contributed by atoms with Crippen LogP contribution >= 0.6 is 0 Å². The van der Waals surface area contributed by atoms with Crippen LogP contribution in [0.4, 0.5) is 21.7 Å². The average Bonchev–Trinajstić information content (AvgIpc) is 3.15. The van der Waals surface area contributed by atoms with Crippen molar-refractivity contribution in [1.29, 1.82) is 0 Å². The van der Waals surface area contributed by atoms with Gasteiger partial charge in [0.2, 0.25) is 0 Å². The monoisotopic (exact) mass is 383 g/mol. The standard InChI is InChI=1S/C19H22FN7O/c20-12-9-11(16(22)28)18(25-14-6-8-24-17-10(14)5-7-23-17)27-19(12)26-15-4-2-1-3-13(15)21/h5-9,13,15H,1-4,21H2,(H2,22,28)(H3,23,24,25,26,27). The number of rotatable bonds is 5. The number of hydrogen-bond donors (Lipinski definition) is 5. The van der Waals surface area contributed by atoms with E-state index in [9.17, 15) is 9.18 Å². The number of hydrogen-bond acceptors (Lipinski definition) is 6. The Kier molecular flexibility index (Phi) is 4.82. The van der Waals surface area contributed by atoms with E-state index in [0.29, 0.717) is 11.3 Å². The lowest BCUT2D eigenvalue weighted by atomic mass is 9.91. The lowest BCUT2D eigenvalue weighted by Crippen LogP contribution is -2.43. The quantitative estimate of drug-likeness (QED) is 0.460. The normalized spacial score (nSPS) is 19.5. The van der Waals surface area contributed by atoms with Crippen molar-refractivity contribution < 1.29 is 9.18 Å². The zero-order valence-corrected chi connectivity index (χ0v) is 15.2. The summed E-state index contributed by atoms with van der Waals surface area (Å²) in [5.41, 5.74) is 12.9. The highest BCUT2D eigenvalue weighted by Crippen LogP contribution is 2.29. The number of fused-ring (bicyclic) bond motifs is 1. The molecule has 4 rings (SSSR count). The number of aromatic amines is 1. The Balaban J connectivity index is 1.70. The maximum absolute atomic E-state index is 14.6. The van der Waals surface area contributed by atoms with Crippen molar-refractivity contribution >= 4 is 34.3 Å². The molecular weight excluding hydrogens is 361 g/mol. The van der Waals surface area contributed by atoms with E-state index in [-0.39, 0.29) is 29.3 Å². The van der Waals surface area contributed by atoms with E-state index in [1.165, 1.54) is 0 Å². The van der Waals surface area contributed by atoms with Gasteiger partial charge in [-0.2, -0.15) is 0 Å². The number of halogens is 1. The number of nitrogens with zero attached hydrogens (tertiary/aromatic N) is 2. The highest BCUT2D eigenvalue weighted by atomic mass is 19.1.